The van der Waals surface area contributed by atoms with E-state index in [4.69, 9.17) is 0 Å². The molecule has 1 N–H and O–H groups in total. The first-order chi connectivity index (χ1) is 15.1. The number of anilines is 1. The molecule has 1 fully saturated rings. The van der Waals surface area contributed by atoms with Gasteiger partial charge in [0.05, 0.1) is 12.3 Å². The Balaban J connectivity index is 1.49. The lowest BCUT2D eigenvalue weighted by atomic mass is 10.0. The second kappa shape index (κ2) is 10.1. The minimum Gasteiger partial charge on any atom is -0.325 e. The number of thioether (sulfide) groups is 1. The second-order valence-electron chi connectivity index (χ2n) is 8.13. The van der Waals surface area contributed by atoms with Gasteiger partial charge in [-0.25, -0.2) is 0 Å². The third-order valence-electron chi connectivity index (χ3n) is 5.47. The Bertz CT molecular complexity index is 1010. The van der Waals surface area contributed by atoms with E-state index < -0.39 is 0 Å². The lowest BCUT2D eigenvalue weighted by Gasteiger charge is -2.16. The van der Waals surface area contributed by atoms with Crippen LogP contribution in [-0.2, 0) is 11.3 Å². The van der Waals surface area contributed by atoms with Gasteiger partial charge >= 0.3 is 0 Å². The predicted molar refractivity (Wildman–Crippen MR) is 126 cm³/mol. The van der Waals surface area contributed by atoms with E-state index in [1.807, 2.05) is 36.4 Å². The maximum atomic E-state index is 12.7. The topological polar surface area (TPSA) is 63.1 Å². The van der Waals surface area contributed by atoms with Crippen LogP contribution in [0.5, 0.6) is 0 Å². The van der Waals surface area contributed by atoms with Crippen LogP contribution in [0.3, 0.4) is 0 Å². The van der Waals surface area contributed by atoms with Crippen LogP contribution in [0.2, 0.25) is 0 Å². The van der Waals surface area contributed by atoms with Crippen LogP contribution >= 0.6 is 11.8 Å². The molecule has 0 aliphatic carbocycles. The van der Waals surface area contributed by atoms with Crippen molar-refractivity contribution in [2.24, 2.45) is 0 Å². The summed E-state index contributed by atoms with van der Waals surface area (Å²) in [6, 6.07) is 18.1. The molecule has 6 nitrogen and oxygen atoms in total. The standard InChI is InChI=1S/C24H29N5OS/c1-18(2)20-12-6-7-13-21(20)25-23(30)17-31-24-27-26-22(16-28-14-8-9-15-28)29(24)19-10-4-3-5-11-19/h3-7,10-13,18H,8-9,14-17H2,1-2H3,(H,25,30). The van der Waals surface area contributed by atoms with Gasteiger partial charge in [0.2, 0.25) is 5.91 Å². The molecule has 3 aromatic rings. The van der Waals surface area contributed by atoms with Crippen molar-refractivity contribution in [2.45, 2.75) is 44.3 Å². The number of rotatable bonds is 8. The first-order valence-corrected chi connectivity index (χ1v) is 11.8. The van der Waals surface area contributed by atoms with E-state index in [9.17, 15) is 4.79 Å². The normalized spacial score (nSPS) is 14.3. The van der Waals surface area contributed by atoms with E-state index >= 15 is 0 Å². The smallest absolute Gasteiger partial charge is 0.234 e. The molecule has 162 valence electrons. The molecule has 31 heavy (non-hydrogen) atoms. The Morgan fingerprint density at radius 1 is 1.03 bits per heavy atom. The molecule has 0 atom stereocenters. The number of hydrogen-bond acceptors (Lipinski definition) is 5. The zero-order chi connectivity index (χ0) is 21.6. The number of aromatic nitrogens is 3. The molecule has 2 aromatic carbocycles. The Kier molecular flexibility index (Phi) is 7.04. The number of para-hydroxylation sites is 2. The molecular formula is C24H29N5OS. The van der Waals surface area contributed by atoms with Crippen molar-refractivity contribution in [1.82, 2.24) is 19.7 Å². The monoisotopic (exact) mass is 435 g/mol. The molecular weight excluding hydrogens is 406 g/mol. The molecule has 0 saturated carbocycles. The first kappa shape index (κ1) is 21.6. The number of nitrogens with zero attached hydrogens (tertiary/aromatic N) is 4. The van der Waals surface area contributed by atoms with Crippen LogP contribution in [-0.4, -0.2) is 44.4 Å². The summed E-state index contributed by atoms with van der Waals surface area (Å²) in [7, 11) is 0. The summed E-state index contributed by atoms with van der Waals surface area (Å²) in [6.07, 6.45) is 2.47. The van der Waals surface area contributed by atoms with Gasteiger partial charge in [-0.2, -0.15) is 0 Å². The average Bonchev–Trinajstić information content (AvgIpc) is 3.43. The quantitative estimate of drug-likeness (QED) is 0.519. The lowest BCUT2D eigenvalue weighted by molar-refractivity contribution is -0.113. The van der Waals surface area contributed by atoms with Gasteiger partial charge in [0, 0.05) is 11.4 Å². The summed E-state index contributed by atoms with van der Waals surface area (Å²) in [6.45, 7) is 7.23. The Labute approximate surface area is 188 Å². The molecule has 0 unspecified atom stereocenters. The number of amides is 1. The number of hydrogen-bond donors (Lipinski definition) is 1. The molecule has 4 rings (SSSR count). The van der Waals surface area contributed by atoms with Crippen molar-refractivity contribution < 1.29 is 4.79 Å². The number of carbonyl (C=O) groups excluding carboxylic acids is 1. The summed E-state index contributed by atoms with van der Waals surface area (Å²) < 4.78 is 2.08. The summed E-state index contributed by atoms with van der Waals surface area (Å²) in [5.74, 6) is 1.50. The fourth-order valence-electron chi connectivity index (χ4n) is 3.90. The maximum Gasteiger partial charge on any atom is 0.234 e. The number of likely N-dealkylation sites (tertiary alicyclic amines) is 1. The molecule has 0 radical (unpaired) electrons. The molecule has 2 heterocycles. The third kappa shape index (κ3) is 5.35. The van der Waals surface area contributed by atoms with E-state index in [1.165, 1.54) is 24.6 Å². The fourth-order valence-corrected chi connectivity index (χ4v) is 4.67. The zero-order valence-corrected chi connectivity index (χ0v) is 18.9. The Morgan fingerprint density at radius 2 is 1.74 bits per heavy atom. The Morgan fingerprint density at radius 3 is 2.48 bits per heavy atom. The van der Waals surface area contributed by atoms with Crippen LogP contribution in [0.15, 0.2) is 59.8 Å². The average molecular weight is 436 g/mol. The first-order valence-electron chi connectivity index (χ1n) is 10.9. The van der Waals surface area contributed by atoms with E-state index in [1.54, 1.807) is 0 Å². The number of benzene rings is 2. The van der Waals surface area contributed by atoms with Gasteiger partial charge < -0.3 is 5.32 Å². The van der Waals surface area contributed by atoms with Crippen molar-refractivity contribution in [1.29, 1.82) is 0 Å². The molecule has 1 aliphatic heterocycles. The van der Waals surface area contributed by atoms with Crippen molar-refractivity contribution in [3.8, 4) is 5.69 Å². The van der Waals surface area contributed by atoms with Crippen LogP contribution in [0.4, 0.5) is 5.69 Å². The predicted octanol–water partition coefficient (Wildman–Crippen LogP) is 4.72. The van der Waals surface area contributed by atoms with Crippen molar-refractivity contribution in [3.05, 3.63) is 66.0 Å². The van der Waals surface area contributed by atoms with Crippen molar-refractivity contribution >= 4 is 23.4 Å². The highest BCUT2D eigenvalue weighted by molar-refractivity contribution is 7.99. The van der Waals surface area contributed by atoms with E-state index in [-0.39, 0.29) is 11.7 Å². The molecule has 0 spiro atoms. The van der Waals surface area contributed by atoms with Gasteiger partial charge in [-0.15, -0.1) is 10.2 Å². The molecule has 1 amide bonds. The minimum atomic E-state index is -0.0400. The van der Waals surface area contributed by atoms with Gasteiger partial charge in [-0.05, 0) is 55.6 Å². The van der Waals surface area contributed by atoms with Crippen LogP contribution in [0.1, 0.15) is 44.0 Å². The Hall–Kier alpha value is -2.64. The van der Waals surface area contributed by atoms with E-state index in [2.05, 4.69) is 57.0 Å². The molecule has 1 saturated heterocycles. The summed E-state index contributed by atoms with van der Waals surface area (Å²) >= 11 is 1.42. The van der Waals surface area contributed by atoms with Crippen LogP contribution < -0.4 is 5.32 Å². The van der Waals surface area contributed by atoms with Crippen LogP contribution in [0, 0.1) is 0 Å². The van der Waals surface area contributed by atoms with Crippen molar-refractivity contribution in [2.75, 3.05) is 24.2 Å². The second-order valence-corrected chi connectivity index (χ2v) is 9.07. The van der Waals surface area contributed by atoms with Crippen molar-refractivity contribution in [3.63, 3.8) is 0 Å². The number of nitrogens with one attached hydrogen (secondary N) is 1. The highest BCUT2D eigenvalue weighted by atomic mass is 32.2. The summed E-state index contributed by atoms with van der Waals surface area (Å²) in [5.41, 5.74) is 3.04. The fraction of sp³-hybridized carbons (Fsp3) is 0.375. The molecule has 7 heteroatoms. The van der Waals surface area contributed by atoms with Gasteiger partial charge in [0.25, 0.3) is 0 Å². The van der Waals surface area contributed by atoms with Gasteiger partial charge in [0.1, 0.15) is 0 Å². The summed E-state index contributed by atoms with van der Waals surface area (Å²) in [5, 5.41) is 12.7. The van der Waals surface area contributed by atoms with Gasteiger partial charge in [0.15, 0.2) is 11.0 Å². The SMILES string of the molecule is CC(C)c1ccccc1NC(=O)CSc1nnc(CN2CCCC2)n1-c1ccccc1. The zero-order valence-electron chi connectivity index (χ0n) is 18.1. The maximum absolute atomic E-state index is 12.7. The molecule has 1 aromatic heterocycles. The lowest BCUT2D eigenvalue weighted by Crippen LogP contribution is -2.21. The summed E-state index contributed by atoms with van der Waals surface area (Å²) in [4.78, 5) is 15.1. The van der Waals surface area contributed by atoms with Gasteiger partial charge in [-0.1, -0.05) is 62.0 Å². The molecule has 0 bridgehead atoms. The molecule has 1 aliphatic rings. The largest absolute Gasteiger partial charge is 0.325 e. The number of carbonyl (C=O) groups is 1. The minimum absolute atomic E-state index is 0.0400. The highest BCUT2D eigenvalue weighted by Crippen LogP contribution is 2.26. The van der Waals surface area contributed by atoms with Gasteiger partial charge in [-0.3, -0.25) is 14.3 Å². The van der Waals surface area contributed by atoms with E-state index in [0.29, 0.717) is 5.92 Å². The van der Waals surface area contributed by atoms with E-state index in [0.717, 1.165) is 47.6 Å². The highest BCUT2D eigenvalue weighted by Gasteiger charge is 2.20. The van der Waals surface area contributed by atoms with Crippen LogP contribution in [0.25, 0.3) is 5.69 Å². The third-order valence-corrected chi connectivity index (χ3v) is 6.40.